The van der Waals surface area contributed by atoms with Gasteiger partial charge in [-0.05, 0) is 95.0 Å². The fraction of sp³-hybridized carbons (Fsp3) is 0.500. The normalized spacial score (nSPS) is 22.7. The minimum absolute atomic E-state index is 0. The summed E-state index contributed by atoms with van der Waals surface area (Å²) in [6.07, 6.45) is 17.0. The van der Waals surface area contributed by atoms with Crippen molar-refractivity contribution >= 4 is 29.0 Å². The van der Waals surface area contributed by atoms with Gasteiger partial charge in [-0.2, -0.15) is 107 Å². The third kappa shape index (κ3) is 14.1. The molecule has 4 fully saturated rings. The van der Waals surface area contributed by atoms with Crippen LogP contribution in [0.4, 0.5) is 0 Å². The minimum atomic E-state index is 0. The molecule has 0 amide bonds. The van der Waals surface area contributed by atoms with E-state index in [9.17, 15) is 0 Å². The molecule has 61 heavy (non-hydrogen) atoms. The zero-order valence-corrected chi connectivity index (χ0v) is 44.0. The first-order chi connectivity index (χ1) is 27.7. The molecule has 4 aromatic carbocycles. The Balaban J connectivity index is 0.000000221. The van der Waals surface area contributed by atoms with Crippen LogP contribution >= 0.6 is 24.8 Å². The van der Waals surface area contributed by atoms with Crippen LogP contribution < -0.4 is 0 Å². The van der Waals surface area contributed by atoms with Crippen molar-refractivity contribution in [2.75, 3.05) is 0 Å². The Kier molecular flexibility index (Phi) is 19.2. The van der Waals surface area contributed by atoms with Crippen molar-refractivity contribution in [3.8, 4) is 11.1 Å². The second kappa shape index (κ2) is 22.1. The number of rotatable bonds is 1. The van der Waals surface area contributed by atoms with Gasteiger partial charge in [-0.25, -0.2) is 6.08 Å². The molecule has 6 aliphatic carbocycles. The van der Waals surface area contributed by atoms with E-state index in [1.807, 2.05) is 24.3 Å². The van der Waals surface area contributed by atoms with Crippen LogP contribution in [0.1, 0.15) is 155 Å². The number of allylic oxidation sites excluding steroid dienone is 4. The molecule has 0 spiro atoms. The van der Waals surface area contributed by atoms with Crippen LogP contribution in [-0.2, 0) is 52.3 Å². The van der Waals surface area contributed by atoms with Gasteiger partial charge in [-0.15, -0.1) is 35.9 Å². The van der Waals surface area contributed by atoms with E-state index >= 15 is 0 Å². The first-order valence-corrected chi connectivity index (χ1v) is 24.2. The van der Waals surface area contributed by atoms with E-state index in [0.717, 1.165) is 36.0 Å². The van der Waals surface area contributed by atoms with Crippen molar-refractivity contribution in [3.63, 3.8) is 0 Å². The molecule has 0 saturated heterocycles. The monoisotopic (exact) mass is 932 g/mol. The molecule has 330 valence electrons. The van der Waals surface area contributed by atoms with Crippen LogP contribution in [0.2, 0.25) is 0 Å². The molecular formula is C58H76Cl2Zr-4. The fourth-order valence-corrected chi connectivity index (χ4v) is 10.1. The summed E-state index contributed by atoms with van der Waals surface area (Å²) < 4.78 is 3.34. The Hall–Kier alpha value is -2.31. The van der Waals surface area contributed by atoms with E-state index in [0.29, 0.717) is 5.92 Å². The number of benzene rings is 4. The molecule has 0 aliphatic heterocycles. The molecule has 0 N–H and O–H groups in total. The molecule has 1 atom stereocenters. The molecule has 0 heterocycles. The SMILES string of the molecule is CC(C)(C)c1[c-]c2c(cc1)-c1ccc(C(C)(C)C)cc1C2.CC(C)(C)c1cc[c-]cc1.CC(C)(C)c1cc[c-]cc1.CC1[C-]=CC(C2C3CC4CC(C3)CC2C4)=C1.Cl.Cl.[CH2]=[Zr]. The van der Waals surface area contributed by atoms with Crippen molar-refractivity contribution in [1.82, 2.24) is 0 Å². The van der Waals surface area contributed by atoms with Crippen LogP contribution in [0.25, 0.3) is 11.1 Å². The summed E-state index contributed by atoms with van der Waals surface area (Å²) in [6, 6.07) is 37.5. The predicted octanol–water partition coefficient (Wildman–Crippen LogP) is 16.0. The number of halogens is 2. The Labute approximate surface area is 401 Å². The summed E-state index contributed by atoms with van der Waals surface area (Å²) in [4.78, 5) is 0. The predicted molar refractivity (Wildman–Crippen MR) is 266 cm³/mol. The van der Waals surface area contributed by atoms with Crippen molar-refractivity contribution < 1.29 is 24.2 Å². The van der Waals surface area contributed by atoms with Crippen LogP contribution in [0.15, 0.2) is 96.6 Å². The molecule has 3 heteroatoms. The summed E-state index contributed by atoms with van der Waals surface area (Å²) in [5, 5.41) is 0. The molecule has 0 nitrogen and oxygen atoms in total. The standard InChI is InChI=1S/C21H25.C16H21.2C10H13.CH2.2ClH.Zr/c1-20(2,3)16-7-9-18-14(12-16)11-15-13-17(21(4,5)6)8-10-19(15)18;1-10-2-3-13(4-10)16-14-6-11-5-12(8-14)9-15(16)7-11;2*1-10(2,3)9-7-5-4-6-8-9;;;;/h7-10,12H,11H2,1-6H3;3-4,10-12,14-16H,5-9H2,1H3;2*5-8H,1-3H3;1H2;2*1H;/q4*-1;;;;. The van der Waals surface area contributed by atoms with E-state index in [1.165, 1.54) is 94.4 Å². The number of hydrogen-bond acceptors (Lipinski definition) is 0. The van der Waals surface area contributed by atoms with Gasteiger partial charge in [-0.3, -0.25) is 6.08 Å². The summed E-state index contributed by atoms with van der Waals surface area (Å²) in [6.45, 7) is 29.1. The van der Waals surface area contributed by atoms with Gasteiger partial charge >= 0.3 is 28.4 Å². The van der Waals surface area contributed by atoms with Crippen LogP contribution in [0, 0.1) is 59.8 Å². The third-order valence-corrected chi connectivity index (χ3v) is 13.2. The van der Waals surface area contributed by atoms with E-state index < -0.39 is 0 Å². The van der Waals surface area contributed by atoms with Gasteiger partial charge in [0.25, 0.3) is 0 Å². The van der Waals surface area contributed by atoms with Gasteiger partial charge in [0.05, 0.1) is 0 Å². The van der Waals surface area contributed by atoms with Gasteiger partial charge in [0, 0.05) is 0 Å². The zero-order valence-electron chi connectivity index (χ0n) is 39.9. The zero-order chi connectivity index (χ0) is 43.3. The Bertz CT molecular complexity index is 1890. The molecule has 4 saturated carbocycles. The van der Waals surface area contributed by atoms with Gasteiger partial charge in [-0.1, -0.05) is 126 Å². The maximum absolute atomic E-state index is 3.67. The van der Waals surface area contributed by atoms with Crippen LogP contribution in [-0.4, -0.2) is 4.21 Å². The molecule has 4 bridgehead atoms. The van der Waals surface area contributed by atoms with Crippen molar-refractivity contribution in [1.29, 1.82) is 0 Å². The second-order valence-corrected chi connectivity index (χ2v) is 22.1. The molecular weight excluding hydrogens is 859 g/mol. The third-order valence-electron chi connectivity index (χ3n) is 13.2. The summed E-state index contributed by atoms with van der Waals surface area (Å²) in [5.74, 6) is 5.77. The topological polar surface area (TPSA) is 0 Å². The van der Waals surface area contributed by atoms with Crippen molar-refractivity contribution in [2.24, 2.45) is 35.5 Å². The van der Waals surface area contributed by atoms with Gasteiger partial charge in [0.15, 0.2) is 0 Å². The summed E-state index contributed by atoms with van der Waals surface area (Å²) in [7, 11) is 0. The Morgan fingerprint density at radius 1 is 0.557 bits per heavy atom. The first-order valence-electron chi connectivity index (χ1n) is 22.5. The number of hydrogen-bond donors (Lipinski definition) is 0. The summed E-state index contributed by atoms with van der Waals surface area (Å²) >= 11 is 1.30. The fourth-order valence-electron chi connectivity index (χ4n) is 10.1. The van der Waals surface area contributed by atoms with Crippen molar-refractivity contribution in [3.05, 3.63) is 154 Å². The molecule has 10 rings (SSSR count). The quantitative estimate of drug-likeness (QED) is 0.147. The molecule has 0 radical (unpaired) electrons. The Morgan fingerprint density at radius 3 is 1.41 bits per heavy atom. The number of fused-ring (bicyclic) bond motifs is 3. The maximum atomic E-state index is 3.67. The first kappa shape index (κ1) is 53.0. The van der Waals surface area contributed by atoms with Crippen molar-refractivity contribution in [2.45, 2.75) is 150 Å². The molecule has 6 aliphatic rings. The average molecular weight is 935 g/mol. The molecule has 4 aromatic rings. The molecule has 0 aromatic heterocycles. The second-order valence-electron chi connectivity index (χ2n) is 22.1. The van der Waals surface area contributed by atoms with Gasteiger partial charge in [0.2, 0.25) is 0 Å². The van der Waals surface area contributed by atoms with E-state index in [2.05, 4.69) is 185 Å². The molecule has 1 unspecified atom stereocenters. The van der Waals surface area contributed by atoms with E-state index in [4.69, 9.17) is 0 Å². The van der Waals surface area contributed by atoms with Crippen LogP contribution in [0.3, 0.4) is 0 Å². The average Bonchev–Trinajstić information content (AvgIpc) is 3.78. The van der Waals surface area contributed by atoms with E-state index in [1.54, 1.807) is 12.0 Å². The van der Waals surface area contributed by atoms with Gasteiger partial charge in [0.1, 0.15) is 0 Å². The Morgan fingerprint density at radius 2 is 1.02 bits per heavy atom. The van der Waals surface area contributed by atoms with E-state index in [-0.39, 0.29) is 46.5 Å². The summed E-state index contributed by atoms with van der Waals surface area (Å²) in [5.41, 5.74) is 13.6. The van der Waals surface area contributed by atoms with Gasteiger partial charge < -0.3 is 0 Å². The van der Waals surface area contributed by atoms with Crippen LogP contribution in [0.5, 0.6) is 0 Å².